The number of imidazole rings is 1. The first-order valence-electron chi connectivity index (χ1n) is 10.7. The molecule has 9 heteroatoms. The molecule has 33 heavy (non-hydrogen) atoms. The lowest BCUT2D eigenvalue weighted by atomic mass is 9.97. The quantitative estimate of drug-likeness (QED) is 0.420. The number of hydrogen-bond acceptors (Lipinski definition) is 5. The van der Waals surface area contributed by atoms with E-state index in [1.807, 2.05) is 6.07 Å². The molecule has 0 saturated carbocycles. The highest BCUT2D eigenvalue weighted by molar-refractivity contribution is 5.93. The first-order valence-corrected chi connectivity index (χ1v) is 10.7. The average molecular weight is 453 g/mol. The summed E-state index contributed by atoms with van der Waals surface area (Å²) in [6, 6.07) is 6.76. The minimum atomic E-state index is -1.02. The van der Waals surface area contributed by atoms with Crippen molar-refractivity contribution in [1.82, 2.24) is 15.0 Å². The second-order valence-corrected chi connectivity index (χ2v) is 8.43. The summed E-state index contributed by atoms with van der Waals surface area (Å²) in [6.45, 7) is 3.02. The summed E-state index contributed by atoms with van der Waals surface area (Å²) in [5, 5.41) is 10.8. The van der Waals surface area contributed by atoms with E-state index in [-0.39, 0.29) is 40.2 Å². The maximum atomic E-state index is 14.3. The smallest absolute Gasteiger partial charge is 0.224 e. The summed E-state index contributed by atoms with van der Waals surface area (Å²) in [4.78, 5) is 13.6. The standard InChI is InChI=1S/C24H22F3N5O/c1-12-6-13(8-14(25)7-12)16-11-29-24(33)21(22(16)32-4-2-15(28)3-5-32)23-30-19-9-17(26)18(27)10-20(19)31-23/h6-11,15H,2-5,28H2,1H3,(H,29,33)(H,30,31). The number of aromatic amines is 1. The predicted molar refractivity (Wildman–Crippen MR) is 120 cm³/mol. The van der Waals surface area contributed by atoms with Gasteiger partial charge in [-0.3, -0.25) is 0 Å². The van der Waals surface area contributed by atoms with Crippen LogP contribution in [0.5, 0.6) is 5.88 Å². The fraction of sp³-hybridized carbons (Fsp3) is 0.250. The first kappa shape index (κ1) is 21.3. The third kappa shape index (κ3) is 3.89. The molecule has 4 N–H and O–H groups in total. The molecule has 170 valence electrons. The van der Waals surface area contributed by atoms with Crippen LogP contribution in [0.3, 0.4) is 0 Å². The Morgan fingerprint density at radius 1 is 1.06 bits per heavy atom. The molecule has 0 spiro atoms. The average Bonchev–Trinajstić information content (AvgIpc) is 3.15. The van der Waals surface area contributed by atoms with Crippen molar-refractivity contribution in [2.45, 2.75) is 25.8 Å². The van der Waals surface area contributed by atoms with E-state index in [1.54, 1.807) is 6.92 Å². The lowest BCUT2D eigenvalue weighted by Gasteiger charge is -2.34. The molecular formula is C24H22F3N5O. The molecular weight excluding hydrogens is 431 g/mol. The maximum Gasteiger partial charge on any atom is 0.224 e. The van der Waals surface area contributed by atoms with E-state index >= 15 is 0 Å². The Morgan fingerprint density at radius 2 is 1.79 bits per heavy atom. The third-order valence-electron chi connectivity index (χ3n) is 6.00. The van der Waals surface area contributed by atoms with Crippen LogP contribution in [0.25, 0.3) is 33.5 Å². The topological polar surface area (TPSA) is 91.1 Å². The van der Waals surface area contributed by atoms with Crippen molar-refractivity contribution in [3.63, 3.8) is 0 Å². The van der Waals surface area contributed by atoms with E-state index in [1.165, 1.54) is 18.3 Å². The summed E-state index contributed by atoms with van der Waals surface area (Å²) >= 11 is 0. The second kappa shape index (κ2) is 8.08. The molecule has 3 heterocycles. The van der Waals surface area contributed by atoms with Gasteiger partial charge >= 0.3 is 0 Å². The molecule has 0 aliphatic carbocycles. The Balaban J connectivity index is 1.76. The number of benzene rings is 2. The van der Waals surface area contributed by atoms with Gasteiger partial charge < -0.3 is 20.7 Å². The van der Waals surface area contributed by atoms with Gasteiger partial charge in [0.2, 0.25) is 5.88 Å². The largest absolute Gasteiger partial charge is 0.493 e. The summed E-state index contributed by atoms with van der Waals surface area (Å²) in [6.07, 6.45) is 2.97. The lowest BCUT2D eigenvalue weighted by Crippen LogP contribution is -2.40. The Labute approximate surface area is 187 Å². The number of nitrogens with two attached hydrogens (primary N) is 1. The van der Waals surface area contributed by atoms with E-state index in [9.17, 15) is 18.3 Å². The van der Waals surface area contributed by atoms with Crippen LogP contribution in [0.1, 0.15) is 18.4 Å². The number of H-pyrrole nitrogens is 1. The van der Waals surface area contributed by atoms with Gasteiger partial charge in [0.1, 0.15) is 17.2 Å². The van der Waals surface area contributed by atoms with Crippen LogP contribution in [-0.4, -0.2) is 39.2 Å². The Kier molecular flexibility index (Phi) is 5.20. The molecule has 4 aromatic rings. The highest BCUT2D eigenvalue weighted by Crippen LogP contribution is 2.44. The zero-order valence-corrected chi connectivity index (χ0v) is 17.9. The van der Waals surface area contributed by atoms with Gasteiger partial charge in [-0.15, -0.1) is 0 Å². The maximum absolute atomic E-state index is 14.3. The van der Waals surface area contributed by atoms with Gasteiger partial charge in [-0.05, 0) is 43.0 Å². The molecule has 0 unspecified atom stereocenters. The van der Waals surface area contributed by atoms with Crippen molar-refractivity contribution in [2.24, 2.45) is 5.73 Å². The van der Waals surface area contributed by atoms with Crippen LogP contribution in [-0.2, 0) is 0 Å². The summed E-state index contributed by atoms with van der Waals surface area (Å²) < 4.78 is 41.8. The third-order valence-corrected chi connectivity index (χ3v) is 6.00. The summed E-state index contributed by atoms with van der Waals surface area (Å²) in [5.74, 6) is -2.50. The van der Waals surface area contributed by atoms with Gasteiger partial charge in [0.15, 0.2) is 11.6 Å². The van der Waals surface area contributed by atoms with Gasteiger partial charge in [0.05, 0.1) is 16.7 Å². The van der Waals surface area contributed by atoms with E-state index in [4.69, 9.17) is 5.73 Å². The highest BCUT2D eigenvalue weighted by Gasteiger charge is 2.27. The predicted octanol–water partition coefficient (Wildman–Crippen LogP) is 4.65. The minimum Gasteiger partial charge on any atom is -0.493 e. The fourth-order valence-corrected chi connectivity index (χ4v) is 4.39. The van der Waals surface area contributed by atoms with Crippen molar-refractivity contribution in [3.8, 4) is 28.4 Å². The monoisotopic (exact) mass is 453 g/mol. The van der Waals surface area contributed by atoms with E-state index in [0.29, 0.717) is 29.9 Å². The number of piperidine rings is 1. The van der Waals surface area contributed by atoms with Crippen molar-refractivity contribution in [2.75, 3.05) is 18.0 Å². The highest BCUT2D eigenvalue weighted by atomic mass is 19.2. The Hall–Kier alpha value is -3.59. The summed E-state index contributed by atoms with van der Waals surface area (Å²) in [5.41, 5.74) is 9.42. The molecule has 1 saturated heterocycles. The molecule has 5 rings (SSSR count). The molecule has 1 fully saturated rings. The van der Waals surface area contributed by atoms with E-state index in [2.05, 4.69) is 19.9 Å². The lowest BCUT2D eigenvalue weighted by molar-refractivity contribution is 0.454. The molecule has 2 aromatic heterocycles. The Morgan fingerprint density at radius 3 is 2.52 bits per heavy atom. The van der Waals surface area contributed by atoms with E-state index < -0.39 is 11.6 Å². The number of nitrogens with zero attached hydrogens (tertiary/aromatic N) is 3. The number of anilines is 1. The van der Waals surface area contributed by atoms with Gasteiger partial charge in [-0.1, -0.05) is 6.07 Å². The summed E-state index contributed by atoms with van der Waals surface area (Å²) in [7, 11) is 0. The molecule has 1 aliphatic heterocycles. The number of halogens is 3. The number of nitrogens with one attached hydrogen (secondary N) is 1. The number of fused-ring (bicyclic) bond motifs is 1. The Bertz CT molecular complexity index is 1300. The van der Waals surface area contributed by atoms with Crippen LogP contribution in [0, 0.1) is 24.4 Å². The molecule has 6 nitrogen and oxygen atoms in total. The number of aromatic hydroxyl groups is 1. The van der Waals surface area contributed by atoms with E-state index in [0.717, 1.165) is 30.5 Å². The zero-order valence-electron chi connectivity index (χ0n) is 17.9. The van der Waals surface area contributed by atoms with Crippen molar-refractivity contribution in [1.29, 1.82) is 0 Å². The molecule has 2 aromatic carbocycles. The van der Waals surface area contributed by atoms with Gasteiger partial charge in [-0.2, -0.15) is 0 Å². The fourth-order valence-electron chi connectivity index (χ4n) is 4.39. The molecule has 1 aliphatic rings. The van der Waals surface area contributed by atoms with Crippen LogP contribution in [0.15, 0.2) is 36.5 Å². The molecule has 0 amide bonds. The number of aryl methyl sites for hydroxylation is 1. The van der Waals surface area contributed by atoms with Gasteiger partial charge in [-0.25, -0.2) is 23.1 Å². The van der Waals surface area contributed by atoms with Crippen LogP contribution in [0.4, 0.5) is 18.9 Å². The number of pyridine rings is 1. The van der Waals surface area contributed by atoms with Gasteiger partial charge in [0, 0.05) is 43.0 Å². The number of rotatable bonds is 3. The molecule has 0 radical (unpaired) electrons. The molecule has 0 atom stereocenters. The van der Waals surface area contributed by atoms with Crippen molar-refractivity contribution >= 4 is 16.7 Å². The van der Waals surface area contributed by atoms with Crippen LogP contribution >= 0.6 is 0 Å². The zero-order chi connectivity index (χ0) is 23.3. The second-order valence-electron chi connectivity index (χ2n) is 8.43. The van der Waals surface area contributed by atoms with Crippen molar-refractivity contribution < 1.29 is 18.3 Å². The number of hydrogen-bond donors (Lipinski definition) is 3. The minimum absolute atomic E-state index is 0.0668. The SMILES string of the molecule is Cc1cc(F)cc(-c2cnc(O)c(-c3nc4cc(F)c(F)cc4[nH]3)c2N2CCC(N)CC2)c1. The molecule has 0 bridgehead atoms. The van der Waals surface area contributed by atoms with Crippen molar-refractivity contribution in [3.05, 3.63) is 59.5 Å². The normalized spacial score (nSPS) is 14.9. The van der Waals surface area contributed by atoms with Gasteiger partial charge in [0.25, 0.3) is 0 Å². The number of aromatic nitrogens is 3. The van der Waals surface area contributed by atoms with Crippen LogP contribution < -0.4 is 10.6 Å². The first-order chi connectivity index (χ1) is 15.8. The van der Waals surface area contributed by atoms with Crippen LogP contribution in [0.2, 0.25) is 0 Å².